The quantitative estimate of drug-likeness (QED) is 0.625. The van der Waals surface area contributed by atoms with Gasteiger partial charge in [0.15, 0.2) is 0 Å². The zero-order chi connectivity index (χ0) is 11.1. The first-order valence-corrected chi connectivity index (χ1v) is 4.88. The van der Waals surface area contributed by atoms with Crippen LogP contribution in [-0.2, 0) is 9.59 Å². The van der Waals surface area contributed by atoms with Crippen LogP contribution in [0.15, 0.2) is 36.4 Å². The van der Waals surface area contributed by atoms with E-state index < -0.39 is 11.8 Å². The molecule has 1 aromatic rings. The van der Waals surface area contributed by atoms with Crippen LogP contribution in [0, 0.1) is 0 Å². The summed E-state index contributed by atoms with van der Waals surface area (Å²) in [5.74, 6) is -1.19. The third kappa shape index (κ3) is 4.42. The zero-order valence-corrected chi connectivity index (χ0v) is 8.70. The van der Waals surface area contributed by atoms with E-state index in [0.29, 0.717) is 0 Å². The Bertz CT molecular complexity index is 373. The molecule has 0 aliphatic heterocycles. The molecule has 0 heterocycles. The van der Waals surface area contributed by atoms with Gasteiger partial charge in [-0.15, -0.1) is 11.6 Å². The maximum atomic E-state index is 11.1. The van der Waals surface area contributed by atoms with Crippen molar-refractivity contribution in [1.29, 1.82) is 0 Å². The Kier molecular flexibility index (Phi) is 4.57. The summed E-state index contributed by atoms with van der Waals surface area (Å²) < 4.78 is 0. The summed E-state index contributed by atoms with van der Waals surface area (Å²) in [5, 5.41) is 2.10. The lowest BCUT2D eigenvalue weighted by Gasteiger charge is -1.95. The van der Waals surface area contributed by atoms with Crippen molar-refractivity contribution >= 4 is 29.5 Å². The maximum absolute atomic E-state index is 11.1. The third-order valence-electron chi connectivity index (χ3n) is 1.61. The number of hydrogen-bond donors (Lipinski definition) is 1. The van der Waals surface area contributed by atoms with E-state index in [1.165, 1.54) is 6.08 Å². The number of carbonyl (C=O) groups excluding carboxylic acids is 2. The van der Waals surface area contributed by atoms with Crippen LogP contribution >= 0.6 is 11.6 Å². The summed E-state index contributed by atoms with van der Waals surface area (Å²) >= 11 is 5.22. The molecule has 78 valence electrons. The number of amides is 2. The van der Waals surface area contributed by atoms with E-state index in [1.807, 2.05) is 30.3 Å². The Morgan fingerprint density at radius 1 is 1.27 bits per heavy atom. The highest BCUT2D eigenvalue weighted by molar-refractivity contribution is 6.28. The average molecular weight is 224 g/mol. The van der Waals surface area contributed by atoms with E-state index in [-0.39, 0.29) is 5.88 Å². The highest BCUT2D eigenvalue weighted by Crippen LogP contribution is 2.00. The lowest BCUT2D eigenvalue weighted by molar-refractivity contribution is -0.126. The molecule has 0 radical (unpaired) electrons. The van der Waals surface area contributed by atoms with E-state index in [4.69, 9.17) is 11.6 Å². The molecule has 15 heavy (non-hydrogen) atoms. The number of nitrogens with one attached hydrogen (secondary N) is 1. The van der Waals surface area contributed by atoms with Crippen LogP contribution in [0.1, 0.15) is 5.56 Å². The number of halogens is 1. The van der Waals surface area contributed by atoms with E-state index in [9.17, 15) is 9.59 Å². The van der Waals surface area contributed by atoms with Gasteiger partial charge in [0.05, 0.1) is 0 Å². The topological polar surface area (TPSA) is 46.2 Å². The Labute approximate surface area is 92.7 Å². The minimum Gasteiger partial charge on any atom is -0.292 e. The molecule has 0 bridgehead atoms. The van der Waals surface area contributed by atoms with Gasteiger partial charge in [0.2, 0.25) is 5.91 Å². The van der Waals surface area contributed by atoms with Gasteiger partial charge in [-0.2, -0.15) is 0 Å². The smallest absolute Gasteiger partial charge is 0.250 e. The van der Waals surface area contributed by atoms with Crippen molar-refractivity contribution in [3.8, 4) is 0 Å². The second-order valence-electron chi connectivity index (χ2n) is 2.79. The summed E-state index contributed by atoms with van der Waals surface area (Å²) in [6, 6.07) is 9.32. The molecule has 1 rings (SSSR count). The number of hydrogen-bond acceptors (Lipinski definition) is 2. The molecule has 1 N–H and O–H groups in total. The molecule has 0 saturated heterocycles. The SMILES string of the molecule is O=C(/C=C/c1ccccc1)NC(=O)CCl. The van der Waals surface area contributed by atoms with E-state index >= 15 is 0 Å². The normalized spacial score (nSPS) is 10.2. The van der Waals surface area contributed by atoms with Crippen molar-refractivity contribution in [3.63, 3.8) is 0 Å². The molecule has 0 aliphatic rings. The van der Waals surface area contributed by atoms with Gasteiger partial charge in [-0.3, -0.25) is 14.9 Å². The molecule has 0 saturated carbocycles. The second kappa shape index (κ2) is 5.98. The molecule has 1 aromatic carbocycles. The van der Waals surface area contributed by atoms with Gasteiger partial charge in [0, 0.05) is 6.08 Å². The minimum atomic E-state index is -0.501. The van der Waals surface area contributed by atoms with Crippen molar-refractivity contribution < 1.29 is 9.59 Å². The predicted molar refractivity (Wildman–Crippen MR) is 59.3 cm³/mol. The van der Waals surface area contributed by atoms with Crippen LogP contribution in [0.4, 0.5) is 0 Å². The van der Waals surface area contributed by atoms with Crippen LogP contribution in [0.5, 0.6) is 0 Å². The van der Waals surface area contributed by atoms with E-state index in [0.717, 1.165) is 5.56 Å². The Balaban J connectivity index is 2.52. The standard InChI is InChI=1S/C11H10ClNO2/c12-8-11(15)13-10(14)7-6-9-4-2-1-3-5-9/h1-7H,8H2,(H,13,14,15)/b7-6+. The van der Waals surface area contributed by atoms with Gasteiger partial charge < -0.3 is 0 Å². The lowest BCUT2D eigenvalue weighted by Crippen LogP contribution is -2.29. The molecular weight excluding hydrogens is 214 g/mol. The van der Waals surface area contributed by atoms with Gasteiger partial charge >= 0.3 is 0 Å². The second-order valence-corrected chi connectivity index (χ2v) is 3.06. The molecule has 2 amide bonds. The van der Waals surface area contributed by atoms with Gasteiger partial charge in [0.25, 0.3) is 5.91 Å². The molecule has 0 atom stereocenters. The maximum Gasteiger partial charge on any atom is 0.250 e. The molecular formula is C11H10ClNO2. The summed E-state index contributed by atoms with van der Waals surface area (Å²) in [7, 11) is 0. The fourth-order valence-corrected chi connectivity index (χ4v) is 1.02. The minimum absolute atomic E-state index is 0.217. The van der Waals surface area contributed by atoms with Gasteiger partial charge in [-0.05, 0) is 11.6 Å². The Hall–Kier alpha value is -1.61. The molecule has 0 aromatic heterocycles. The molecule has 3 nitrogen and oxygen atoms in total. The summed E-state index contributed by atoms with van der Waals surface area (Å²) in [4.78, 5) is 21.8. The zero-order valence-electron chi connectivity index (χ0n) is 7.94. The molecule has 4 heteroatoms. The van der Waals surface area contributed by atoms with Crippen molar-refractivity contribution in [2.24, 2.45) is 0 Å². The number of rotatable bonds is 3. The van der Waals surface area contributed by atoms with Crippen molar-refractivity contribution in [2.75, 3.05) is 5.88 Å². The van der Waals surface area contributed by atoms with Crippen LogP contribution in [0.3, 0.4) is 0 Å². The van der Waals surface area contributed by atoms with Crippen LogP contribution in [0.25, 0.3) is 6.08 Å². The number of imide groups is 1. The van der Waals surface area contributed by atoms with Crippen molar-refractivity contribution in [1.82, 2.24) is 5.32 Å². The molecule has 0 spiro atoms. The monoisotopic (exact) mass is 223 g/mol. The Morgan fingerprint density at radius 3 is 2.53 bits per heavy atom. The number of alkyl halides is 1. The number of carbonyl (C=O) groups is 2. The fourth-order valence-electron chi connectivity index (χ4n) is 0.949. The largest absolute Gasteiger partial charge is 0.292 e. The van der Waals surface area contributed by atoms with Crippen molar-refractivity contribution in [3.05, 3.63) is 42.0 Å². The average Bonchev–Trinajstić information content (AvgIpc) is 2.27. The summed E-state index contributed by atoms with van der Waals surface area (Å²) in [6.07, 6.45) is 2.91. The van der Waals surface area contributed by atoms with Crippen LogP contribution < -0.4 is 5.32 Å². The lowest BCUT2D eigenvalue weighted by atomic mass is 10.2. The first-order valence-electron chi connectivity index (χ1n) is 4.35. The van der Waals surface area contributed by atoms with Crippen molar-refractivity contribution in [2.45, 2.75) is 0 Å². The molecule has 0 aliphatic carbocycles. The van der Waals surface area contributed by atoms with Crippen LogP contribution in [-0.4, -0.2) is 17.7 Å². The Morgan fingerprint density at radius 2 is 1.93 bits per heavy atom. The molecule has 0 fully saturated rings. The first-order chi connectivity index (χ1) is 7.22. The summed E-state index contributed by atoms with van der Waals surface area (Å²) in [6.45, 7) is 0. The van der Waals surface area contributed by atoms with Gasteiger partial charge in [-0.25, -0.2) is 0 Å². The predicted octanol–water partition coefficient (Wildman–Crippen LogP) is 1.58. The van der Waals surface area contributed by atoms with Gasteiger partial charge in [-0.1, -0.05) is 30.3 Å². The molecule has 0 unspecified atom stereocenters. The van der Waals surface area contributed by atoms with Gasteiger partial charge in [0.1, 0.15) is 5.88 Å². The highest BCUT2D eigenvalue weighted by atomic mass is 35.5. The summed E-state index contributed by atoms with van der Waals surface area (Å²) in [5.41, 5.74) is 0.894. The third-order valence-corrected chi connectivity index (χ3v) is 1.85. The van der Waals surface area contributed by atoms with E-state index in [1.54, 1.807) is 6.08 Å². The fraction of sp³-hybridized carbons (Fsp3) is 0.0909. The number of benzene rings is 1. The highest BCUT2D eigenvalue weighted by Gasteiger charge is 2.01. The first kappa shape index (κ1) is 11.5. The van der Waals surface area contributed by atoms with E-state index in [2.05, 4.69) is 5.32 Å². The van der Waals surface area contributed by atoms with Crippen LogP contribution in [0.2, 0.25) is 0 Å².